The molecule has 1 aliphatic heterocycles. The smallest absolute Gasteiger partial charge is 0.274 e. The van der Waals surface area contributed by atoms with Crippen LogP contribution in [0.3, 0.4) is 0 Å². The quantitative estimate of drug-likeness (QED) is 0.613. The number of hydroxylamine groups is 1. The number of amides is 2. The maximum absolute atomic E-state index is 13.1. The molecule has 152 valence electrons. The van der Waals surface area contributed by atoms with Crippen LogP contribution in [0, 0.1) is 5.92 Å². The third kappa shape index (κ3) is 4.05. The average molecular weight is 396 g/mol. The summed E-state index contributed by atoms with van der Waals surface area (Å²) in [5.74, 6) is 0.857. The molecular formula is C22H24N2O5. The van der Waals surface area contributed by atoms with Gasteiger partial charge in [-0.15, -0.1) is 0 Å². The summed E-state index contributed by atoms with van der Waals surface area (Å²) in [6, 6.07) is 14.5. The minimum absolute atomic E-state index is 0.0489. The lowest BCUT2D eigenvalue weighted by atomic mass is 9.81. The number of rotatable bonds is 4. The van der Waals surface area contributed by atoms with Crippen LogP contribution in [0.15, 0.2) is 48.5 Å². The van der Waals surface area contributed by atoms with Crippen molar-refractivity contribution in [1.82, 2.24) is 10.4 Å². The molecule has 29 heavy (non-hydrogen) atoms. The van der Waals surface area contributed by atoms with E-state index in [2.05, 4.69) is 0 Å². The number of hydrogen-bond acceptors (Lipinski definition) is 5. The fourth-order valence-corrected chi connectivity index (χ4v) is 3.75. The van der Waals surface area contributed by atoms with Gasteiger partial charge in [0, 0.05) is 23.6 Å². The number of nitrogens with zero attached hydrogens (tertiary/aromatic N) is 1. The Morgan fingerprint density at radius 1 is 1.17 bits per heavy atom. The Morgan fingerprint density at radius 3 is 2.66 bits per heavy atom. The number of nitrogens with one attached hydrogen (secondary N) is 1. The summed E-state index contributed by atoms with van der Waals surface area (Å²) < 4.78 is 11.7. The first-order valence-corrected chi connectivity index (χ1v) is 9.77. The highest BCUT2D eigenvalue weighted by Crippen LogP contribution is 2.35. The Morgan fingerprint density at radius 2 is 1.93 bits per heavy atom. The predicted octanol–water partition coefficient (Wildman–Crippen LogP) is 2.77. The van der Waals surface area contributed by atoms with E-state index in [1.54, 1.807) is 23.7 Å². The molecule has 1 fully saturated rings. The van der Waals surface area contributed by atoms with Gasteiger partial charge in [-0.05, 0) is 44.0 Å². The highest BCUT2D eigenvalue weighted by Gasteiger charge is 2.40. The molecule has 2 aliphatic rings. The molecular weight excluding hydrogens is 372 g/mol. The fourth-order valence-electron chi connectivity index (χ4n) is 3.75. The minimum Gasteiger partial charge on any atom is -0.491 e. The van der Waals surface area contributed by atoms with E-state index < -0.39 is 5.91 Å². The van der Waals surface area contributed by atoms with Crippen molar-refractivity contribution in [2.75, 3.05) is 6.61 Å². The average Bonchev–Trinajstić information content (AvgIpc) is 2.88. The number of ether oxygens (including phenoxy) is 2. The van der Waals surface area contributed by atoms with Crippen LogP contribution in [0.2, 0.25) is 0 Å². The standard InChI is InChI=1S/C22H24N2O5/c1-14-13-28-20-11-15(21(25)23-27)7-8-16(20)12-24(14)22(26)17-9-19(10-17)29-18-5-3-2-4-6-18/h2-8,11,14,17,19,27H,9-10,12-13H2,1H3,(H,23,25)/t14-,17?,19?/m0/s1. The number of hydrogen-bond donors (Lipinski definition) is 2. The second kappa shape index (κ2) is 8.13. The molecule has 7 nitrogen and oxygen atoms in total. The van der Waals surface area contributed by atoms with Crippen molar-refractivity contribution >= 4 is 11.8 Å². The second-order valence-electron chi connectivity index (χ2n) is 7.61. The molecule has 0 radical (unpaired) electrons. The van der Waals surface area contributed by atoms with Crippen molar-refractivity contribution in [3.05, 3.63) is 59.7 Å². The summed E-state index contributed by atoms with van der Waals surface area (Å²) in [5, 5.41) is 8.81. The number of para-hydroxylation sites is 1. The Bertz CT molecular complexity index is 895. The molecule has 1 heterocycles. The van der Waals surface area contributed by atoms with Gasteiger partial charge in [0.25, 0.3) is 5.91 Å². The van der Waals surface area contributed by atoms with E-state index in [-0.39, 0.29) is 24.0 Å². The SMILES string of the molecule is C[C@H]1COc2cc(C(=O)NO)ccc2CN1C(=O)C1CC(Oc2ccccc2)C1. The van der Waals surface area contributed by atoms with E-state index in [4.69, 9.17) is 14.7 Å². The molecule has 2 aromatic carbocycles. The molecule has 0 spiro atoms. The molecule has 7 heteroatoms. The van der Waals surface area contributed by atoms with Crippen LogP contribution in [0.4, 0.5) is 0 Å². The first-order chi connectivity index (χ1) is 14.0. The van der Waals surface area contributed by atoms with E-state index >= 15 is 0 Å². The third-order valence-corrected chi connectivity index (χ3v) is 5.56. The molecule has 4 rings (SSSR count). The largest absolute Gasteiger partial charge is 0.491 e. The molecule has 2 N–H and O–H groups in total. The van der Waals surface area contributed by atoms with Gasteiger partial charge >= 0.3 is 0 Å². The van der Waals surface area contributed by atoms with Crippen molar-refractivity contribution in [2.45, 2.75) is 38.5 Å². The number of carbonyl (C=O) groups is 2. The van der Waals surface area contributed by atoms with E-state index in [1.807, 2.05) is 42.2 Å². The van der Waals surface area contributed by atoms with Gasteiger partial charge in [0.05, 0.1) is 6.04 Å². The van der Waals surface area contributed by atoms with E-state index in [9.17, 15) is 9.59 Å². The van der Waals surface area contributed by atoms with Crippen LogP contribution in [-0.2, 0) is 11.3 Å². The predicted molar refractivity (Wildman–Crippen MR) is 105 cm³/mol. The lowest BCUT2D eigenvalue weighted by molar-refractivity contribution is -0.144. The molecule has 0 unspecified atom stereocenters. The molecule has 1 aliphatic carbocycles. The molecule has 0 saturated heterocycles. The highest BCUT2D eigenvalue weighted by atomic mass is 16.5. The van der Waals surface area contributed by atoms with Crippen LogP contribution >= 0.6 is 0 Å². The van der Waals surface area contributed by atoms with Crippen LogP contribution in [0.1, 0.15) is 35.7 Å². The van der Waals surface area contributed by atoms with Gasteiger partial charge < -0.3 is 14.4 Å². The summed E-state index contributed by atoms with van der Waals surface area (Å²) in [5.41, 5.74) is 2.77. The van der Waals surface area contributed by atoms with Crippen molar-refractivity contribution < 1.29 is 24.3 Å². The summed E-state index contributed by atoms with van der Waals surface area (Å²) in [7, 11) is 0. The van der Waals surface area contributed by atoms with Crippen LogP contribution in [0.5, 0.6) is 11.5 Å². The Hall–Kier alpha value is -3.06. The zero-order chi connectivity index (χ0) is 20.4. The summed E-state index contributed by atoms with van der Waals surface area (Å²) in [4.78, 5) is 26.6. The van der Waals surface area contributed by atoms with E-state index in [1.165, 1.54) is 0 Å². The lowest BCUT2D eigenvalue weighted by Gasteiger charge is -2.38. The fraction of sp³-hybridized carbons (Fsp3) is 0.364. The van der Waals surface area contributed by atoms with E-state index in [0.29, 0.717) is 37.3 Å². The summed E-state index contributed by atoms with van der Waals surface area (Å²) in [6.45, 7) is 2.73. The van der Waals surface area contributed by atoms with E-state index in [0.717, 1.165) is 11.3 Å². The van der Waals surface area contributed by atoms with Gasteiger partial charge in [-0.2, -0.15) is 0 Å². The van der Waals surface area contributed by atoms with Crippen molar-refractivity contribution in [3.8, 4) is 11.5 Å². The van der Waals surface area contributed by atoms with Crippen LogP contribution in [0.25, 0.3) is 0 Å². The van der Waals surface area contributed by atoms with Gasteiger partial charge in [0.1, 0.15) is 24.2 Å². The molecule has 0 aromatic heterocycles. The molecule has 2 amide bonds. The number of fused-ring (bicyclic) bond motifs is 1. The number of carbonyl (C=O) groups excluding carboxylic acids is 2. The molecule has 0 bridgehead atoms. The topological polar surface area (TPSA) is 88.1 Å². The second-order valence-corrected chi connectivity index (χ2v) is 7.61. The molecule has 1 atom stereocenters. The molecule has 1 saturated carbocycles. The van der Waals surface area contributed by atoms with Gasteiger partial charge in [0.2, 0.25) is 5.91 Å². The van der Waals surface area contributed by atoms with Crippen LogP contribution in [-0.4, -0.2) is 40.7 Å². The number of benzene rings is 2. The van der Waals surface area contributed by atoms with Crippen molar-refractivity contribution in [2.24, 2.45) is 5.92 Å². The minimum atomic E-state index is -0.597. The Balaban J connectivity index is 1.41. The van der Waals surface area contributed by atoms with Gasteiger partial charge in [0.15, 0.2) is 0 Å². The van der Waals surface area contributed by atoms with Gasteiger partial charge in [-0.25, -0.2) is 5.48 Å². The van der Waals surface area contributed by atoms with Crippen LogP contribution < -0.4 is 15.0 Å². The van der Waals surface area contributed by atoms with Gasteiger partial charge in [-0.1, -0.05) is 24.3 Å². The third-order valence-electron chi connectivity index (χ3n) is 5.56. The van der Waals surface area contributed by atoms with Crippen molar-refractivity contribution in [3.63, 3.8) is 0 Å². The highest BCUT2D eigenvalue weighted by molar-refractivity contribution is 5.93. The summed E-state index contributed by atoms with van der Waals surface area (Å²) >= 11 is 0. The molecule has 2 aromatic rings. The van der Waals surface area contributed by atoms with Crippen molar-refractivity contribution in [1.29, 1.82) is 0 Å². The maximum atomic E-state index is 13.1. The van der Waals surface area contributed by atoms with Gasteiger partial charge in [-0.3, -0.25) is 14.8 Å². The first kappa shape index (κ1) is 19.3. The normalized spacial score (nSPS) is 23.1. The Labute approximate surface area is 169 Å². The summed E-state index contributed by atoms with van der Waals surface area (Å²) in [6.07, 6.45) is 1.48. The zero-order valence-electron chi connectivity index (χ0n) is 16.2. The Kier molecular flexibility index (Phi) is 5.40. The monoisotopic (exact) mass is 396 g/mol. The lowest BCUT2D eigenvalue weighted by Crippen LogP contribution is -2.48. The first-order valence-electron chi connectivity index (χ1n) is 9.77. The zero-order valence-corrected chi connectivity index (χ0v) is 16.2. The maximum Gasteiger partial charge on any atom is 0.274 e.